The van der Waals surface area contributed by atoms with E-state index in [4.69, 9.17) is 9.15 Å². The summed E-state index contributed by atoms with van der Waals surface area (Å²) < 4.78 is 24.3. The van der Waals surface area contributed by atoms with Crippen molar-refractivity contribution in [3.8, 4) is 17.2 Å². The minimum absolute atomic E-state index is 0.126. The fourth-order valence-electron chi connectivity index (χ4n) is 3.64. The van der Waals surface area contributed by atoms with E-state index in [-0.39, 0.29) is 24.2 Å². The summed E-state index contributed by atoms with van der Waals surface area (Å²) >= 11 is 0. The molecule has 0 atom stereocenters. The van der Waals surface area contributed by atoms with Gasteiger partial charge in [-0.25, -0.2) is 4.39 Å². The number of carbonyl (C=O) groups is 1. The fourth-order valence-corrected chi connectivity index (χ4v) is 3.64. The van der Waals surface area contributed by atoms with Crippen molar-refractivity contribution in [2.45, 2.75) is 31.6 Å². The summed E-state index contributed by atoms with van der Waals surface area (Å²) in [6, 6.07) is 9.44. The first-order valence-corrected chi connectivity index (χ1v) is 10.1. The zero-order chi connectivity index (χ0) is 20.8. The molecule has 0 radical (unpaired) electrons. The van der Waals surface area contributed by atoms with Gasteiger partial charge in [-0.05, 0) is 55.9 Å². The summed E-state index contributed by atoms with van der Waals surface area (Å²) in [6.07, 6.45) is 7.23. The lowest BCUT2D eigenvalue weighted by Gasteiger charge is -2.26. The van der Waals surface area contributed by atoms with Gasteiger partial charge in [0.25, 0.3) is 5.91 Å². The van der Waals surface area contributed by atoms with Crippen molar-refractivity contribution in [2.24, 2.45) is 5.92 Å². The van der Waals surface area contributed by atoms with Crippen molar-refractivity contribution in [3.63, 3.8) is 0 Å². The normalized spacial score (nSPS) is 18.7. The Kier molecular flexibility index (Phi) is 6.32. The van der Waals surface area contributed by atoms with Gasteiger partial charge < -0.3 is 14.5 Å². The van der Waals surface area contributed by atoms with Gasteiger partial charge in [-0.1, -0.05) is 6.07 Å². The molecule has 1 amide bonds. The molecule has 1 fully saturated rings. The number of ether oxygens (including phenoxy) is 1. The van der Waals surface area contributed by atoms with Gasteiger partial charge in [0.1, 0.15) is 11.6 Å². The van der Waals surface area contributed by atoms with Crippen LogP contribution in [-0.2, 0) is 4.79 Å². The van der Waals surface area contributed by atoms with Gasteiger partial charge in [-0.3, -0.25) is 9.78 Å². The average Bonchev–Trinajstić information content (AvgIpc) is 3.28. The Morgan fingerprint density at radius 2 is 1.93 bits per heavy atom. The van der Waals surface area contributed by atoms with Crippen molar-refractivity contribution in [3.05, 3.63) is 60.5 Å². The maximum atomic E-state index is 13.1. The van der Waals surface area contributed by atoms with E-state index in [1.54, 1.807) is 24.5 Å². The molecule has 1 aliphatic carbocycles. The lowest BCUT2D eigenvalue weighted by molar-refractivity contribution is -0.123. The number of hydrogen-bond acceptors (Lipinski definition) is 6. The molecule has 0 unspecified atom stereocenters. The summed E-state index contributed by atoms with van der Waals surface area (Å²) in [5, 5.41) is 11.3. The van der Waals surface area contributed by atoms with E-state index in [2.05, 4.69) is 20.5 Å². The molecule has 7 nitrogen and oxygen atoms in total. The molecule has 0 spiro atoms. The molecule has 30 heavy (non-hydrogen) atoms. The molecule has 4 rings (SSSR count). The van der Waals surface area contributed by atoms with Gasteiger partial charge in [0.2, 0.25) is 11.8 Å². The molecule has 0 saturated heterocycles. The third-order valence-corrected chi connectivity index (χ3v) is 5.32. The van der Waals surface area contributed by atoms with E-state index >= 15 is 0 Å². The largest absolute Gasteiger partial charge is 0.484 e. The highest BCUT2D eigenvalue weighted by molar-refractivity contribution is 5.77. The average molecular weight is 410 g/mol. The summed E-state index contributed by atoms with van der Waals surface area (Å²) in [5.41, 5.74) is 0.862. The number of nitrogens with zero attached hydrogens (tertiary/aromatic N) is 3. The second-order valence-corrected chi connectivity index (χ2v) is 7.45. The highest BCUT2D eigenvalue weighted by Gasteiger charge is 2.26. The quantitative estimate of drug-likeness (QED) is 0.638. The highest BCUT2D eigenvalue weighted by Crippen LogP contribution is 2.35. The molecule has 1 aromatic carbocycles. The third kappa shape index (κ3) is 5.20. The van der Waals surface area contributed by atoms with Crippen LogP contribution in [0.5, 0.6) is 5.75 Å². The molecule has 2 heterocycles. The first-order chi connectivity index (χ1) is 14.7. The molecule has 0 aliphatic heterocycles. The van der Waals surface area contributed by atoms with E-state index < -0.39 is 0 Å². The number of pyridine rings is 1. The second-order valence-electron chi connectivity index (χ2n) is 7.45. The van der Waals surface area contributed by atoms with Crippen LogP contribution in [0.15, 0.2) is 53.2 Å². The van der Waals surface area contributed by atoms with Crippen LogP contribution in [0.1, 0.15) is 37.5 Å². The Labute approximate surface area is 173 Å². The third-order valence-electron chi connectivity index (χ3n) is 5.32. The van der Waals surface area contributed by atoms with Crippen LogP contribution in [0, 0.1) is 11.7 Å². The van der Waals surface area contributed by atoms with Crippen LogP contribution < -0.4 is 10.1 Å². The summed E-state index contributed by atoms with van der Waals surface area (Å²) in [7, 11) is 0. The van der Waals surface area contributed by atoms with Crippen LogP contribution in [0.2, 0.25) is 0 Å². The second kappa shape index (κ2) is 9.47. The number of rotatable bonds is 7. The minimum Gasteiger partial charge on any atom is -0.484 e. The predicted octanol–water partition coefficient (Wildman–Crippen LogP) is 3.74. The van der Waals surface area contributed by atoms with Crippen LogP contribution >= 0.6 is 0 Å². The molecule has 3 aromatic rings. The fraction of sp³-hybridized carbons (Fsp3) is 0.364. The summed E-state index contributed by atoms with van der Waals surface area (Å²) in [4.78, 5) is 16.0. The minimum atomic E-state index is -0.390. The van der Waals surface area contributed by atoms with Crippen molar-refractivity contribution < 1.29 is 18.3 Å². The molecule has 0 bridgehead atoms. The summed E-state index contributed by atoms with van der Waals surface area (Å²) in [6.45, 7) is 0.475. The maximum absolute atomic E-state index is 13.1. The lowest BCUT2D eigenvalue weighted by atomic mass is 9.82. The van der Waals surface area contributed by atoms with Gasteiger partial charge in [0.05, 0.1) is 0 Å². The van der Waals surface area contributed by atoms with Crippen molar-refractivity contribution in [1.29, 1.82) is 0 Å². The van der Waals surface area contributed by atoms with E-state index in [0.29, 0.717) is 30.0 Å². The van der Waals surface area contributed by atoms with Gasteiger partial charge >= 0.3 is 0 Å². The first-order valence-electron chi connectivity index (χ1n) is 10.1. The number of halogens is 1. The topological polar surface area (TPSA) is 90.1 Å². The van der Waals surface area contributed by atoms with Gasteiger partial charge in [-0.2, -0.15) is 0 Å². The Hall–Kier alpha value is -3.29. The van der Waals surface area contributed by atoms with Gasteiger partial charge in [0.15, 0.2) is 6.61 Å². The number of nitrogens with one attached hydrogen (secondary N) is 1. The number of carbonyl (C=O) groups excluding carboxylic acids is 1. The van der Waals surface area contributed by atoms with Crippen molar-refractivity contribution >= 4 is 5.91 Å². The molecule has 2 aromatic heterocycles. The zero-order valence-corrected chi connectivity index (χ0v) is 16.5. The Balaban J connectivity index is 1.19. The van der Waals surface area contributed by atoms with E-state index in [1.807, 2.05) is 12.1 Å². The van der Waals surface area contributed by atoms with Crippen LogP contribution in [0.4, 0.5) is 4.39 Å². The van der Waals surface area contributed by atoms with Crippen molar-refractivity contribution in [2.75, 3.05) is 13.2 Å². The Bertz CT molecular complexity index is 971. The monoisotopic (exact) mass is 410 g/mol. The number of amides is 1. The molecule has 156 valence electrons. The number of hydrogen-bond donors (Lipinski definition) is 1. The molecular formula is C22H23FN4O3. The van der Waals surface area contributed by atoms with E-state index in [9.17, 15) is 9.18 Å². The Morgan fingerprint density at radius 3 is 2.70 bits per heavy atom. The molecule has 8 heteroatoms. The Morgan fingerprint density at radius 1 is 1.13 bits per heavy atom. The molecule has 1 N–H and O–H groups in total. The van der Waals surface area contributed by atoms with E-state index in [1.165, 1.54) is 12.1 Å². The smallest absolute Gasteiger partial charge is 0.257 e. The zero-order valence-electron chi connectivity index (χ0n) is 16.5. The maximum Gasteiger partial charge on any atom is 0.257 e. The van der Waals surface area contributed by atoms with Crippen LogP contribution in [-0.4, -0.2) is 34.2 Å². The SMILES string of the molecule is O=C(COc1cccc(F)c1)NCC1CCC(c2nnc(-c3ccncc3)o2)CC1. The lowest BCUT2D eigenvalue weighted by Crippen LogP contribution is -2.34. The molecule has 1 saturated carbocycles. The van der Waals surface area contributed by atoms with E-state index in [0.717, 1.165) is 31.2 Å². The first kappa shape index (κ1) is 20.0. The van der Waals surface area contributed by atoms with Gasteiger partial charge in [0, 0.05) is 36.5 Å². The van der Waals surface area contributed by atoms with Crippen LogP contribution in [0.3, 0.4) is 0 Å². The predicted molar refractivity (Wildman–Crippen MR) is 107 cm³/mol. The van der Waals surface area contributed by atoms with Crippen LogP contribution in [0.25, 0.3) is 11.5 Å². The van der Waals surface area contributed by atoms with Crippen molar-refractivity contribution in [1.82, 2.24) is 20.5 Å². The molecular weight excluding hydrogens is 387 g/mol. The number of aromatic nitrogens is 3. The molecule has 1 aliphatic rings. The highest BCUT2D eigenvalue weighted by atomic mass is 19.1. The van der Waals surface area contributed by atoms with Gasteiger partial charge in [-0.15, -0.1) is 10.2 Å². The summed E-state index contributed by atoms with van der Waals surface area (Å²) in [5.74, 6) is 1.58. The number of benzene rings is 1. The standard InChI is InChI=1S/C22H23FN4O3/c23-18-2-1-3-19(12-18)29-14-20(28)25-13-15-4-6-16(7-5-15)21-26-27-22(30-21)17-8-10-24-11-9-17/h1-3,8-12,15-16H,4-7,13-14H2,(H,25,28).